The lowest BCUT2D eigenvalue weighted by Crippen LogP contribution is -2.10. The van der Waals surface area contributed by atoms with Gasteiger partial charge in [-0.05, 0) is 37.1 Å². The van der Waals surface area contributed by atoms with Gasteiger partial charge in [0.25, 0.3) is 0 Å². The summed E-state index contributed by atoms with van der Waals surface area (Å²) in [4.78, 5) is 11.4. The highest BCUT2D eigenvalue weighted by atomic mass is 35.5. The molecule has 0 spiro atoms. The van der Waals surface area contributed by atoms with E-state index >= 15 is 0 Å². The molecule has 1 rings (SSSR count). The van der Waals surface area contributed by atoms with Gasteiger partial charge < -0.3 is 4.74 Å². The largest absolute Gasteiger partial charge is 0.486 e. The van der Waals surface area contributed by atoms with Gasteiger partial charge in [0, 0.05) is 11.4 Å². The van der Waals surface area contributed by atoms with E-state index in [1.807, 2.05) is 6.08 Å². The van der Waals surface area contributed by atoms with Crippen LogP contribution in [0.1, 0.15) is 19.3 Å². The highest BCUT2D eigenvalue weighted by Crippen LogP contribution is 2.15. The zero-order valence-corrected chi connectivity index (χ0v) is 9.87. The van der Waals surface area contributed by atoms with Gasteiger partial charge in [0.2, 0.25) is 0 Å². The van der Waals surface area contributed by atoms with Gasteiger partial charge in [-0.15, -0.1) is 6.58 Å². The smallest absolute Gasteiger partial charge is 0.170 e. The van der Waals surface area contributed by atoms with Crippen molar-refractivity contribution in [1.29, 1.82) is 0 Å². The standard InChI is InChI=1S/C13H15ClO2/c1-2-3-4-5-12(15)10-16-13-8-6-11(14)7-9-13/h2,6-9H,1,3-5,10H2. The third-order valence-corrected chi connectivity index (χ3v) is 2.33. The molecule has 16 heavy (non-hydrogen) atoms. The van der Waals surface area contributed by atoms with Gasteiger partial charge in [-0.1, -0.05) is 17.7 Å². The van der Waals surface area contributed by atoms with Crippen molar-refractivity contribution in [3.63, 3.8) is 0 Å². The van der Waals surface area contributed by atoms with Crippen LogP contribution < -0.4 is 4.74 Å². The predicted octanol–water partition coefficient (Wildman–Crippen LogP) is 3.64. The molecule has 2 nitrogen and oxygen atoms in total. The van der Waals surface area contributed by atoms with Crippen LogP contribution in [-0.4, -0.2) is 12.4 Å². The molecule has 0 amide bonds. The summed E-state index contributed by atoms with van der Waals surface area (Å²) in [6, 6.07) is 6.97. The molecule has 0 aliphatic carbocycles. The topological polar surface area (TPSA) is 26.3 Å². The van der Waals surface area contributed by atoms with E-state index in [2.05, 4.69) is 6.58 Å². The molecule has 0 atom stereocenters. The molecule has 0 saturated carbocycles. The van der Waals surface area contributed by atoms with Crippen molar-refractivity contribution in [3.05, 3.63) is 41.9 Å². The first kappa shape index (κ1) is 12.8. The molecule has 0 heterocycles. The van der Waals surface area contributed by atoms with Gasteiger partial charge in [0.1, 0.15) is 12.4 Å². The molecule has 0 bridgehead atoms. The van der Waals surface area contributed by atoms with Crippen molar-refractivity contribution in [2.45, 2.75) is 19.3 Å². The van der Waals surface area contributed by atoms with Crippen LogP contribution in [0.4, 0.5) is 0 Å². The third-order valence-electron chi connectivity index (χ3n) is 2.08. The minimum Gasteiger partial charge on any atom is -0.486 e. The maximum atomic E-state index is 11.4. The summed E-state index contributed by atoms with van der Waals surface area (Å²) >= 11 is 5.73. The zero-order chi connectivity index (χ0) is 11.8. The predicted molar refractivity (Wildman–Crippen MR) is 66.0 cm³/mol. The molecule has 0 aliphatic rings. The highest BCUT2D eigenvalue weighted by molar-refractivity contribution is 6.30. The van der Waals surface area contributed by atoms with Crippen LogP contribution in [0.3, 0.4) is 0 Å². The van der Waals surface area contributed by atoms with Gasteiger partial charge in [0.15, 0.2) is 5.78 Å². The maximum Gasteiger partial charge on any atom is 0.170 e. The van der Waals surface area contributed by atoms with Crippen LogP contribution in [0.15, 0.2) is 36.9 Å². The van der Waals surface area contributed by atoms with E-state index in [9.17, 15) is 4.79 Å². The summed E-state index contributed by atoms with van der Waals surface area (Å²) in [5.74, 6) is 0.776. The second kappa shape index (κ2) is 7.07. The second-order valence-electron chi connectivity index (χ2n) is 3.46. The van der Waals surface area contributed by atoms with Crippen LogP contribution in [-0.2, 0) is 4.79 Å². The van der Waals surface area contributed by atoms with Gasteiger partial charge >= 0.3 is 0 Å². The lowest BCUT2D eigenvalue weighted by Gasteiger charge is -2.04. The number of hydrogen-bond acceptors (Lipinski definition) is 2. The Kier molecular flexibility index (Phi) is 5.65. The van der Waals surface area contributed by atoms with E-state index in [0.717, 1.165) is 12.8 Å². The SMILES string of the molecule is C=CCCCC(=O)COc1ccc(Cl)cc1. The number of ketones is 1. The lowest BCUT2D eigenvalue weighted by molar-refractivity contribution is -0.121. The van der Waals surface area contributed by atoms with E-state index in [-0.39, 0.29) is 12.4 Å². The number of carbonyl (C=O) groups is 1. The highest BCUT2D eigenvalue weighted by Gasteiger charge is 2.02. The van der Waals surface area contributed by atoms with E-state index in [1.54, 1.807) is 24.3 Å². The molecule has 3 heteroatoms. The number of unbranched alkanes of at least 4 members (excludes halogenated alkanes) is 1. The van der Waals surface area contributed by atoms with Gasteiger partial charge in [-0.25, -0.2) is 0 Å². The van der Waals surface area contributed by atoms with Crippen molar-refractivity contribution in [1.82, 2.24) is 0 Å². The van der Waals surface area contributed by atoms with E-state index in [4.69, 9.17) is 16.3 Å². The molecule has 0 saturated heterocycles. The van der Waals surface area contributed by atoms with Gasteiger partial charge in [0.05, 0.1) is 0 Å². The van der Waals surface area contributed by atoms with Crippen molar-refractivity contribution >= 4 is 17.4 Å². The number of benzene rings is 1. The van der Waals surface area contributed by atoms with E-state index in [0.29, 0.717) is 17.2 Å². The van der Waals surface area contributed by atoms with Crippen LogP contribution >= 0.6 is 11.6 Å². The molecular formula is C13H15ClO2. The fourth-order valence-electron chi connectivity index (χ4n) is 1.21. The molecule has 0 aliphatic heterocycles. The third kappa shape index (κ3) is 4.99. The Morgan fingerprint density at radius 3 is 2.69 bits per heavy atom. The molecule has 0 N–H and O–H groups in total. The Bertz CT molecular complexity index is 343. The minimum atomic E-state index is 0.108. The number of hydrogen-bond donors (Lipinski definition) is 0. The summed E-state index contributed by atoms with van der Waals surface area (Å²) < 4.78 is 5.32. The van der Waals surface area contributed by atoms with Crippen molar-refractivity contribution < 1.29 is 9.53 Å². The van der Waals surface area contributed by atoms with Crippen LogP contribution in [0.2, 0.25) is 5.02 Å². The fraction of sp³-hybridized carbons (Fsp3) is 0.308. The summed E-state index contributed by atoms with van der Waals surface area (Å²) in [7, 11) is 0. The Morgan fingerprint density at radius 2 is 2.06 bits per heavy atom. The molecular weight excluding hydrogens is 224 g/mol. The first-order valence-electron chi connectivity index (χ1n) is 5.23. The fourth-order valence-corrected chi connectivity index (χ4v) is 1.34. The molecule has 0 unspecified atom stereocenters. The van der Waals surface area contributed by atoms with Crippen LogP contribution in [0.25, 0.3) is 0 Å². The monoisotopic (exact) mass is 238 g/mol. The quantitative estimate of drug-likeness (QED) is 0.536. The first-order valence-corrected chi connectivity index (χ1v) is 5.61. The summed E-state index contributed by atoms with van der Waals surface area (Å²) in [6.07, 6.45) is 4.06. The van der Waals surface area contributed by atoms with Crippen molar-refractivity contribution in [3.8, 4) is 5.75 Å². The average molecular weight is 239 g/mol. The number of Topliss-reactive ketones (excluding diaryl/α,β-unsaturated/α-hetero) is 1. The van der Waals surface area contributed by atoms with Crippen molar-refractivity contribution in [2.24, 2.45) is 0 Å². The summed E-state index contributed by atoms with van der Waals surface area (Å²) in [6.45, 7) is 3.73. The molecule has 0 radical (unpaired) electrons. The molecule has 86 valence electrons. The van der Waals surface area contributed by atoms with E-state index < -0.39 is 0 Å². The van der Waals surface area contributed by atoms with Crippen LogP contribution in [0.5, 0.6) is 5.75 Å². The molecule has 1 aromatic rings. The Hall–Kier alpha value is -1.28. The Labute approximate surface area is 101 Å². The average Bonchev–Trinajstić information content (AvgIpc) is 2.29. The number of rotatable bonds is 7. The lowest BCUT2D eigenvalue weighted by atomic mass is 10.2. The normalized spacial score (nSPS) is 9.81. The van der Waals surface area contributed by atoms with Gasteiger partial charge in [-0.3, -0.25) is 4.79 Å². The Balaban J connectivity index is 2.26. The number of ether oxygens (including phenoxy) is 1. The number of allylic oxidation sites excluding steroid dienone is 1. The van der Waals surface area contributed by atoms with E-state index in [1.165, 1.54) is 0 Å². The minimum absolute atomic E-state index is 0.108. The molecule has 0 fully saturated rings. The number of halogens is 1. The second-order valence-corrected chi connectivity index (χ2v) is 3.90. The summed E-state index contributed by atoms with van der Waals surface area (Å²) in [5, 5.41) is 0.657. The molecule has 1 aromatic carbocycles. The Morgan fingerprint density at radius 1 is 1.38 bits per heavy atom. The van der Waals surface area contributed by atoms with Gasteiger partial charge in [-0.2, -0.15) is 0 Å². The summed E-state index contributed by atoms with van der Waals surface area (Å²) in [5.41, 5.74) is 0. The maximum absolute atomic E-state index is 11.4. The zero-order valence-electron chi connectivity index (χ0n) is 9.12. The first-order chi connectivity index (χ1) is 7.72. The van der Waals surface area contributed by atoms with Crippen molar-refractivity contribution in [2.75, 3.05) is 6.61 Å². The van der Waals surface area contributed by atoms with Crippen LogP contribution in [0, 0.1) is 0 Å². The number of carbonyl (C=O) groups excluding carboxylic acids is 1. The molecule has 0 aromatic heterocycles.